The number of hydrogen-bond donors (Lipinski definition) is 1. The Balaban J connectivity index is 2.08. The summed E-state index contributed by atoms with van der Waals surface area (Å²) in [6.45, 7) is 5.17. The summed E-state index contributed by atoms with van der Waals surface area (Å²) in [4.78, 5) is 9.01. The van der Waals surface area contributed by atoms with Crippen molar-refractivity contribution in [3.8, 4) is 22.8 Å². The maximum Gasteiger partial charge on any atom is 0.180 e. The van der Waals surface area contributed by atoms with Crippen molar-refractivity contribution in [2.75, 3.05) is 26.1 Å². The zero-order chi connectivity index (χ0) is 17.1. The van der Waals surface area contributed by atoms with Gasteiger partial charge in [0.2, 0.25) is 0 Å². The van der Waals surface area contributed by atoms with Crippen molar-refractivity contribution in [2.45, 2.75) is 13.8 Å². The predicted molar refractivity (Wildman–Crippen MR) is 94.9 cm³/mol. The maximum atomic E-state index is 5.52. The van der Waals surface area contributed by atoms with Crippen LogP contribution in [0.1, 0.15) is 13.8 Å². The van der Waals surface area contributed by atoms with E-state index >= 15 is 0 Å². The van der Waals surface area contributed by atoms with Gasteiger partial charge in [0.15, 0.2) is 11.5 Å². The van der Waals surface area contributed by atoms with Crippen LogP contribution in [0.4, 0.5) is 5.82 Å². The molecule has 0 aliphatic heterocycles. The van der Waals surface area contributed by atoms with Crippen molar-refractivity contribution in [3.63, 3.8) is 0 Å². The normalized spacial score (nSPS) is 11.0. The highest BCUT2D eigenvalue weighted by Crippen LogP contribution is 2.34. The maximum absolute atomic E-state index is 5.52. The zero-order valence-corrected chi connectivity index (χ0v) is 14.4. The second-order valence-corrected chi connectivity index (χ2v) is 5.95. The number of benzene rings is 1. The van der Waals surface area contributed by atoms with Crippen LogP contribution in [0.25, 0.3) is 16.9 Å². The van der Waals surface area contributed by atoms with Crippen molar-refractivity contribution in [1.29, 1.82) is 0 Å². The largest absolute Gasteiger partial charge is 0.497 e. The summed E-state index contributed by atoms with van der Waals surface area (Å²) >= 11 is 0. The van der Waals surface area contributed by atoms with E-state index in [-0.39, 0.29) is 0 Å². The van der Waals surface area contributed by atoms with Gasteiger partial charge in [-0.3, -0.25) is 4.40 Å². The van der Waals surface area contributed by atoms with Crippen LogP contribution in [-0.2, 0) is 0 Å². The van der Waals surface area contributed by atoms with E-state index in [1.807, 2.05) is 35.0 Å². The lowest BCUT2D eigenvalue weighted by molar-refractivity contribution is 0.395. The summed E-state index contributed by atoms with van der Waals surface area (Å²) in [6.07, 6.45) is 5.54. The molecule has 0 atom stereocenters. The average molecular weight is 326 g/mol. The lowest BCUT2D eigenvalue weighted by Crippen LogP contribution is -2.11. The minimum atomic E-state index is 0.531. The SMILES string of the molecule is COc1ccc(-c2cnc(NCC(C)C)c3nccn23)c(OC)c1. The molecule has 2 aromatic heterocycles. The van der Waals surface area contributed by atoms with E-state index in [9.17, 15) is 0 Å². The van der Waals surface area contributed by atoms with Gasteiger partial charge in [-0.05, 0) is 18.1 Å². The number of methoxy groups -OCH3 is 2. The van der Waals surface area contributed by atoms with Crippen LogP contribution in [-0.4, -0.2) is 35.1 Å². The number of anilines is 1. The molecule has 0 radical (unpaired) electrons. The first kappa shape index (κ1) is 16.1. The summed E-state index contributed by atoms with van der Waals surface area (Å²) in [5.74, 6) is 2.79. The van der Waals surface area contributed by atoms with E-state index in [0.29, 0.717) is 5.92 Å². The summed E-state index contributed by atoms with van der Waals surface area (Å²) < 4.78 is 12.8. The van der Waals surface area contributed by atoms with Gasteiger partial charge >= 0.3 is 0 Å². The number of nitrogens with zero attached hydrogens (tertiary/aromatic N) is 3. The molecule has 0 amide bonds. The van der Waals surface area contributed by atoms with E-state index < -0.39 is 0 Å². The molecule has 1 N–H and O–H groups in total. The van der Waals surface area contributed by atoms with Crippen molar-refractivity contribution >= 4 is 11.5 Å². The molecule has 0 bridgehead atoms. The topological polar surface area (TPSA) is 60.7 Å². The molecule has 0 aliphatic carbocycles. The summed E-state index contributed by atoms with van der Waals surface area (Å²) in [5, 5.41) is 3.35. The van der Waals surface area contributed by atoms with Crippen molar-refractivity contribution < 1.29 is 9.47 Å². The Morgan fingerprint density at radius 3 is 2.71 bits per heavy atom. The van der Waals surface area contributed by atoms with Crippen molar-refractivity contribution in [1.82, 2.24) is 14.4 Å². The monoisotopic (exact) mass is 326 g/mol. The highest BCUT2D eigenvalue weighted by molar-refractivity contribution is 5.74. The molecule has 0 unspecified atom stereocenters. The average Bonchev–Trinajstić information content (AvgIpc) is 3.09. The van der Waals surface area contributed by atoms with Crippen LogP contribution in [0.3, 0.4) is 0 Å². The van der Waals surface area contributed by atoms with Crippen LogP contribution in [0.2, 0.25) is 0 Å². The number of ether oxygens (including phenoxy) is 2. The molecule has 6 heteroatoms. The van der Waals surface area contributed by atoms with E-state index in [4.69, 9.17) is 9.47 Å². The minimum absolute atomic E-state index is 0.531. The van der Waals surface area contributed by atoms with E-state index in [1.165, 1.54) is 0 Å². The van der Waals surface area contributed by atoms with Gasteiger partial charge < -0.3 is 14.8 Å². The summed E-state index contributed by atoms with van der Waals surface area (Å²) in [5.41, 5.74) is 2.65. The highest BCUT2D eigenvalue weighted by atomic mass is 16.5. The van der Waals surface area contributed by atoms with Crippen LogP contribution < -0.4 is 14.8 Å². The first-order valence-corrected chi connectivity index (χ1v) is 7.92. The number of rotatable bonds is 6. The van der Waals surface area contributed by atoms with Crippen molar-refractivity contribution in [2.24, 2.45) is 5.92 Å². The lowest BCUT2D eigenvalue weighted by atomic mass is 10.1. The molecule has 6 nitrogen and oxygen atoms in total. The number of aromatic nitrogens is 3. The lowest BCUT2D eigenvalue weighted by Gasteiger charge is -2.14. The molecule has 0 fully saturated rings. The van der Waals surface area contributed by atoms with E-state index in [0.717, 1.165) is 40.8 Å². The van der Waals surface area contributed by atoms with Crippen LogP contribution >= 0.6 is 0 Å². The highest BCUT2D eigenvalue weighted by Gasteiger charge is 2.14. The molecule has 3 aromatic rings. The van der Waals surface area contributed by atoms with Gasteiger partial charge in [-0.25, -0.2) is 9.97 Å². The molecular weight excluding hydrogens is 304 g/mol. The van der Waals surface area contributed by atoms with Gasteiger partial charge in [-0.15, -0.1) is 0 Å². The molecule has 0 aliphatic rings. The molecular formula is C18H22N4O2. The molecule has 1 aromatic carbocycles. The van der Waals surface area contributed by atoms with Gasteiger partial charge in [0, 0.05) is 30.6 Å². The number of nitrogens with one attached hydrogen (secondary N) is 1. The Morgan fingerprint density at radius 1 is 1.17 bits per heavy atom. The Labute approximate surface area is 141 Å². The van der Waals surface area contributed by atoms with Gasteiger partial charge in [-0.1, -0.05) is 13.8 Å². The Morgan fingerprint density at radius 2 is 2.00 bits per heavy atom. The van der Waals surface area contributed by atoms with Gasteiger partial charge in [0.05, 0.1) is 26.1 Å². The van der Waals surface area contributed by atoms with E-state index in [1.54, 1.807) is 20.4 Å². The molecule has 2 heterocycles. The third-order valence-corrected chi connectivity index (χ3v) is 3.79. The number of hydrogen-bond acceptors (Lipinski definition) is 5. The first-order chi connectivity index (χ1) is 11.6. The third kappa shape index (κ3) is 2.99. The molecule has 0 saturated heterocycles. The summed E-state index contributed by atoms with van der Waals surface area (Å²) in [7, 11) is 3.29. The standard InChI is InChI=1S/C18H22N4O2/c1-12(2)10-20-17-18-19-7-8-22(18)15(11-21-17)14-6-5-13(23-3)9-16(14)24-4/h5-9,11-12H,10H2,1-4H3,(H,20,21). The summed E-state index contributed by atoms with van der Waals surface area (Å²) in [6, 6.07) is 5.74. The molecule has 3 rings (SSSR count). The molecule has 0 saturated carbocycles. The fourth-order valence-corrected chi connectivity index (χ4v) is 2.55. The smallest absolute Gasteiger partial charge is 0.180 e. The second-order valence-electron chi connectivity index (χ2n) is 5.95. The van der Waals surface area contributed by atoms with Crippen LogP contribution in [0, 0.1) is 5.92 Å². The molecule has 126 valence electrons. The predicted octanol–water partition coefficient (Wildman–Crippen LogP) is 3.48. The Kier molecular flexibility index (Phi) is 4.55. The Hall–Kier alpha value is -2.76. The Bertz CT molecular complexity index is 842. The van der Waals surface area contributed by atoms with E-state index in [2.05, 4.69) is 29.1 Å². The first-order valence-electron chi connectivity index (χ1n) is 7.92. The molecule has 24 heavy (non-hydrogen) atoms. The quantitative estimate of drug-likeness (QED) is 0.751. The number of fused-ring (bicyclic) bond motifs is 1. The van der Waals surface area contributed by atoms with Crippen LogP contribution in [0.15, 0.2) is 36.8 Å². The van der Waals surface area contributed by atoms with Crippen molar-refractivity contribution in [3.05, 3.63) is 36.8 Å². The fourth-order valence-electron chi connectivity index (χ4n) is 2.55. The fraction of sp³-hybridized carbons (Fsp3) is 0.333. The van der Waals surface area contributed by atoms with Gasteiger partial charge in [0.25, 0.3) is 0 Å². The number of imidazole rings is 1. The molecule has 0 spiro atoms. The van der Waals surface area contributed by atoms with Gasteiger partial charge in [-0.2, -0.15) is 0 Å². The zero-order valence-electron chi connectivity index (χ0n) is 14.4. The second kappa shape index (κ2) is 6.78. The van der Waals surface area contributed by atoms with Crippen LogP contribution in [0.5, 0.6) is 11.5 Å². The van der Waals surface area contributed by atoms with Gasteiger partial charge in [0.1, 0.15) is 11.5 Å². The minimum Gasteiger partial charge on any atom is -0.497 e. The third-order valence-electron chi connectivity index (χ3n) is 3.79.